The third kappa shape index (κ3) is 2.65. The maximum Gasteiger partial charge on any atom is 0.303 e. The Morgan fingerprint density at radius 2 is 1.68 bits per heavy atom. The van der Waals surface area contributed by atoms with Crippen molar-refractivity contribution in [3.8, 4) is 0 Å². The molecule has 0 N–H and O–H groups in total. The van der Waals surface area contributed by atoms with Crippen LogP contribution >= 0.6 is 0 Å². The van der Waals surface area contributed by atoms with Crippen molar-refractivity contribution in [2.24, 2.45) is 46.8 Å². The first-order chi connectivity index (χ1) is 13.1. The number of hydrogen-bond donors (Lipinski definition) is 0. The van der Waals surface area contributed by atoms with Crippen LogP contribution in [0.5, 0.6) is 0 Å². The summed E-state index contributed by atoms with van der Waals surface area (Å²) in [6.07, 6.45) is 6.35. The van der Waals surface area contributed by atoms with Gasteiger partial charge in [-0.25, -0.2) is 0 Å². The monoisotopic (exact) mass is 388 g/mol. The van der Waals surface area contributed by atoms with Crippen molar-refractivity contribution in [1.29, 1.82) is 0 Å². The van der Waals surface area contributed by atoms with Crippen LogP contribution in [0.1, 0.15) is 79.6 Å². The Labute approximate surface area is 169 Å². The van der Waals surface area contributed by atoms with Crippen molar-refractivity contribution < 1.29 is 19.1 Å². The molecular formula is C24H36O4. The summed E-state index contributed by atoms with van der Waals surface area (Å²) in [4.78, 5) is 36.9. The van der Waals surface area contributed by atoms with Crippen LogP contribution in [0.3, 0.4) is 0 Å². The van der Waals surface area contributed by atoms with Crippen molar-refractivity contribution >= 4 is 17.5 Å². The highest BCUT2D eigenvalue weighted by Crippen LogP contribution is 2.67. The second-order valence-electron chi connectivity index (χ2n) is 10.8. The van der Waals surface area contributed by atoms with E-state index in [-0.39, 0.29) is 17.2 Å². The van der Waals surface area contributed by atoms with E-state index in [2.05, 4.69) is 20.8 Å². The Balaban J connectivity index is 1.68. The zero-order valence-electron chi connectivity index (χ0n) is 18.1. The molecule has 28 heavy (non-hydrogen) atoms. The lowest BCUT2D eigenvalue weighted by Crippen LogP contribution is -2.59. The zero-order valence-corrected chi connectivity index (χ0v) is 18.1. The highest BCUT2D eigenvalue weighted by molar-refractivity contribution is 5.89. The maximum atomic E-state index is 12.8. The number of ketones is 2. The quantitative estimate of drug-likeness (QED) is 0.649. The molecule has 4 nitrogen and oxygen atoms in total. The van der Waals surface area contributed by atoms with Gasteiger partial charge in [-0.3, -0.25) is 14.4 Å². The molecule has 4 rings (SSSR count). The molecule has 0 heterocycles. The van der Waals surface area contributed by atoms with Crippen LogP contribution in [0.4, 0.5) is 0 Å². The standard InChI is InChI=1S/C24H36O4/c1-13-11-20-18(22-14(2)10-17(27)12-19(13)22)6-8-23(5)21(20)7-9-24(23,15(3)25)28-16(4)26/h13-14,18-22H,6-12H2,1-5H3/t13-,14-,18-,19?,20+,21-,22+,23-,24-/m0/s1. The van der Waals surface area contributed by atoms with E-state index >= 15 is 0 Å². The molecule has 156 valence electrons. The van der Waals surface area contributed by atoms with Gasteiger partial charge in [0.1, 0.15) is 5.78 Å². The maximum absolute atomic E-state index is 12.8. The molecule has 0 radical (unpaired) electrons. The molecule has 1 unspecified atom stereocenters. The van der Waals surface area contributed by atoms with E-state index in [0.29, 0.717) is 53.6 Å². The highest BCUT2D eigenvalue weighted by Gasteiger charge is 2.67. The molecule has 0 aromatic heterocycles. The van der Waals surface area contributed by atoms with Gasteiger partial charge in [0.25, 0.3) is 0 Å². The van der Waals surface area contributed by atoms with Crippen molar-refractivity contribution in [1.82, 2.24) is 0 Å². The van der Waals surface area contributed by atoms with Gasteiger partial charge in [0.05, 0.1) is 0 Å². The predicted octanol–water partition coefficient (Wildman–Crippen LogP) is 4.59. The number of carbonyl (C=O) groups excluding carboxylic acids is 3. The van der Waals surface area contributed by atoms with Crippen LogP contribution < -0.4 is 0 Å². The second kappa shape index (κ2) is 6.67. The molecule has 0 aromatic carbocycles. The van der Waals surface area contributed by atoms with E-state index in [1.807, 2.05) is 0 Å². The number of carbonyl (C=O) groups is 3. The van der Waals surface area contributed by atoms with Crippen LogP contribution in [0.2, 0.25) is 0 Å². The molecule has 4 aliphatic carbocycles. The van der Waals surface area contributed by atoms with E-state index in [9.17, 15) is 14.4 Å². The SMILES string of the molecule is CC(=O)O[C@]1(C(C)=O)CC[C@H]2[C@@H]3C[C@H](C)C4CC(=O)C[C@H](C)[C@@H]4[C@H]3CC[C@@]21C. The number of esters is 1. The van der Waals surface area contributed by atoms with Crippen molar-refractivity contribution in [3.05, 3.63) is 0 Å². The van der Waals surface area contributed by atoms with Gasteiger partial charge < -0.3 is 4.74 Å². The summed E-state index contributed by atoms with van der Waals surface area (Å²) in [7, 11) is 0. The zero-order chi connectivity index (χ0) is 20.4. The van der Waals surface area contributed by atoms with Crippen molar-refractivity contribution in [2.75, 3.05) is 0 Å². The van der Waals surface area contributed by atoms with E-state index in [1.165, 1.54) is 6.92 Å². The lowest BCUT2D eigenvalue weighted by Gasteiger charge is -2.59. The summed E-state index contributed by atoms with van der Waals surface area (Å²) in [5, 5.41) is 0. The topological polar surface area (TPSA) is 60.4 Å². The van der Waals surface area contributed by atoms with Crippen LogP contribution in [-0.4, -0.2) is 23.1 Å². The van der Waals surface area contributed by atoms with E-state index in [4.69, 9.17) is 4.74 Å². The van der Waals surface area contributed by atoms with Gasteiger partial charge in [0.2, 0.25) is 0 Å². The van der Waals surface area contributed by atoms with Gasteiger partial charge in [-0.15, -0.1) is 0 Å². The fourth-order valence-corrected chi connectivity index (χ4v) is 8.52. The fraction of sp³-hybridized carbons (Fsp3) is 0.875. The Morgan fingerprint density at radius 1 is 0.964 bits per heavy atom. The van der Waals surface area contributed by atoms with Gasteiger partial charge in [-0.1, -0.05) is 20.8 Å². The number of rotatable bonds is 2. The molecule has 4 fully saturated rings. The van der Waals surface area contributed by atoms with Crippen LogP contribution in [0.25, 0.3) is 0 Å². The molecule has 4 aliphatic rings. The third-order valence-electron chi connectivity index (χ3n) is 9.53. The fourth-order valence-electron chi connectivity index (χ4n) is 8.52. The first-order valence-corrected chi connectivity index (χ1v) is 11.3. The molecule has 9 atom stereocenters. The average molecular weight is 389 g/mol. The number of hydrogen-bond acceptors (Lipinski definition) is 4. The molecule has 4 heteroatoms. The van der Waals surface area contributed by atoms with Crippen molar-refractivity contribution in [3.63, 3.8) is 0 Å². The van der Waals surface area contributed by atoms with E-state index in [0.717, 1.165) is 38.5 Å². The smallest absolute Gasteiger partial charge is 0.303 e. The summed E-state index contributed by atoms with van der Waals surface area (Å²) >= 11 is 0. The molecule has 0 aliphatic heterocycles. The molecule has 0 saturated heterocycles. The molecule has 0 spiro atoms. The Hall–Kier alpha value is -1.19. The first kappa shape index (κ1) is 20.1. The first-order valence-electron chi connectivity index (χ1n) is 11.3. The predicted molar refractivity (Wildman–Crippen MR) is 106 cm³/mol. The van der Waals surface area contributed by atoms with Gasteiger partial charge in [-0.2, -0.15) is 0 Å². The Morgan fingerprint density at radius 3 is 2.32 bits per heavy atom. The Bertz CT molecular complexity index is 699. The van der Waals surface area contributed by atoms with Crippen LogP contribution in [0.15, 0.2) is 0 Å². The molecule has 0 amide bonds. The summed E-state index contributed by atoms with van der Waals surface area (Å²) in [6, 6.07) is 0. The van der Waals surface area contributed by atoms with E-state index in [1.54, 1.807) is 6.92 Å². The summed E-state index contributed by atoms with van der Waals surface area (Å²) in [5.74, 6) is 4.00. The van der Waals surface area contributed by atoms with E-state index < -0.39 is 5.60 Å². The average Bonchev–Trinajstić information content (AvgIpc) is 2.88. The van der Waals surface area contributed by atoms with Gasteiger partial charge in [0, 0.05) is 25.2 Å². The number of Topliss-reactive ketones (excluding diaryl/α,β-unsaturated/α-hetero) is 2. The largest absolute Gasteiger partial charge is 0.451 e. The number of ether oxygens (including phenoxy) is 1. The summed E-state index contributed by atoms with van der Waals surface area (Å²) in [6.45, 7) is 9.88. The van der Waals surface area contributed by atoms with Gasteiger partial charge in [0.15, 0.2) is 11.4 Å². The second-order valence-corrected chi connectivity index (χ2v) is 10.8. The van der Waals surface area contributed by atoms with Gasteiger partial charge in [-0.05, 0) is 80.5 Å². The Kier molecular flexibility index (Phi) is 4.79. The minimum absolute atomic E-state index is 0.0181. The molecule has 0 aromatic rings. The third-order valence-corrected chi connectivity index (χ3v) is 9.53. The van der Waals surface area contributed by atoms with Gasteiger partial charge >= 0.3 is 5.97 Å². The van der Waals surface area contributed by atoms with Crippen LogP contribution in [0, 0.1) is 46.8 Å². The molecule has 0 bridgehead atoms. The lowest BCUT2D eigenvalue weighted by atomic mass is 9.46. The normalized spacial score (nSPS) is 50.3. The minimum atomic E-state index is -0.942. The van der Waals surface area contributed by atoms with Crippen LogP contribution in [-0.2, 0) is 19.1 Å². The number of fused-ring (bicyclic) bond motifs is 5. The summed E-state index contributed by atoms with van der Waals surface area (Å²) in [5.41, 5.74) is -1.20. The minimum Gasteiger partial charge on any atom is -0.451 e. The highest BCUT2D eigenvalue weighted by atomic mass is 16.6. The molecular weight excluding hydrogens is 352 g/mol. The molecule has 4 saturated carbocycles. The lowest BCUT2D eigenvalue weighted by molar-refractivity contribution is -0.189. The van der Waals surface area contributed by atoms with Crippen molar-refractivity contribution in [2.45, 2.75) is 85.2 Å². The summed E-state index contributed by atoms with van der Waals surface area (Å²) < 4.78 is 5.85.